The van der Waals surface area contributed by atoms with Gasteiger partial charge in [-0.1, -0.05) is 23.2 Å². The molecule has 25 heavy (non-hydrogen) atoms. The molecule has 6 nitrogen and oxygen atoms in total. The number of carbonyl (C=O) groups is 3. The van der Waals surface area contributed by atoms with Crippen molar-refractivity contribution in [1.29, 1.82) is 0 Å². The standard InChI is InChI=1S/C16H22Cl2N2O4S/c1-6-20(7-2)15(22)11-9(5)10(16(23)24-8(3)4)14(25-11)19-13(21)12(17)18/h8,12H,6-7H2,1-5H3,(H,19,21). The average molecular weight is 409 g/mol. The second-order valence-electron chi connectivity index (χ2n) is 5.48. The highest BCUT2D eigenvalue weighted by Crippen LogP contribution is 2.35. The molecule has 140 valence electrons. The van der Waals surface area contributed by atoms with Crippen LogP contribution in [0.4, 0.5) is 5.00 Å². The van der Waals surface area contributed by atoms with Gasteiger partial charge in [-0.2, -0.15) is 0 Å². The predicted molar refractivity (Wildman–Crippen MR) is 101 cm³/mol. The minimum Gasteiger partial charge on any atom is -0.459 e. The minimum atomic E-state index is -1.29. The quantitative estimate of drug-likeness (QED) is 0.548. The molecule has 0 atom stereocenters. The lowest BCUT2D eigenvalue weighted by Gasteiger charge is -2.18. The van der Waals surface area contributed by atoms with E-state index in [9.17, 15) is 14.4 Å². The molecule has 0 spiro atoms. The zero-order valence-corrected chi connectivity index (χ0v) is 17.1. The fourth-order valence-corrected chi connectivity index (χ4v) is 3.42. The Morgan fingerprint density at radius 1 is 1.20 bits per heavy atom. The van der Waals surface area contributed by atoms with Gasteiger partial charge in [0.1, 0.15) is 5.00 Å². The number of thiophene rings is 1. The summed E-state index contributed by atoms with van der Waals surface area (Å²) in [7, 11) is 0. The summed E-state index contributed by atoms with van der Waals surface area (Å²) in [6.45, 7) is 9.88. The molecular weight excluding hydrogens is 387 g/mol. The molecule has 9 heteroatoms. The fourth-order valence-electron chi connectivity index (χ4n) is 2.15. The van der Waals surface area contributed by atoms with Crippen LogP contribution < -0.4 is 5.32 Å². The maximum atomic E-state index is 12.7. The van der Waals surface area contributed by atoms with Gasteiger partial charge in [0.2, 0.25) is 0 Å². The number of carbonyl (C=O) groups excluding carboxylic acids is 3. The second-order valence-corrected chi connectivity index (χ2v) is 7.60. The van der Waals surface area contributed by atoms with Crippen LogP contribution in [0.2, 0.25) is 0 Å². The number of nitrogens with one attached hydrogen (secondary N) is 1. The van der Waals surface area contributed by atoms with Gasteiger partial charge in [0.05, 0.1) is 16.5 Å². The van der Waals surface area contributed by atoms with Gasteiger partial charge in [-0.05, 0) is 40.2 Å². The Bertz CT molecular complexity index is 655. The first kappa shape index (κ1) is 21.7. The lowest BCUT2D eigenvalue weighted by molar-refractivity contribution is -0.114. The molecule has 0 saturated heterocycles. The summed E-state index contributed by atoms with van der Waals surface area (Å²) in [5.74, 6) is -1.50. The number of ether oxygens (including phenoxy) is 1. The lowest BCUT2D eigenvalue weighted by Crippen LogP contribution is -2.30. The van der Waals surface area contributed by atoms with Crippen molar-refractivity contribution < 1.29 is 19.1 Å². The molecule has 1 N–H and O–H groups in total. The van der Waals surface area contributed by atoms with Crippen LogP contribution in [0.3, 0.4) is 0 Å². The topological polar surface area (TPSA) is 75.7 Å². The highest BCUT2D eigenvalue weighted by atomic mass is 35.5. The summed E-state index contributed by atoms with van der Waals surface area (Å²) in [6.07, 6.45) is -0.342. The average Bonchev–Trinajstić information content (AvgIpc) is 2.83. The summed E-state index contributed by atoms with van der Waals surface area (Å²) in [5.41, 5.74) is 0.611. The summed E-state index contributed by atoms with van der Waals surface area (Å²) in [6, 6.07) is 0. The molecule has 1 aromatic heterocycles. The zero-order valence-electron chi connectivity index (χ0n) is 14.8. The lowest BCUT2D eigenvalue weighted by atomic mass is 10.1. The number of anilines is 1. The molecule has 2 amide bonds. The van der Waals surface area contributed by atoms with Gasteiger partial charge in [0, 0.05) is 13.1 Å². The first-order valence-electron chi connectivity index (χ1n) is 7.86. The summed E-state index contributed by atoms with van der Waals surface area (Å²) < 4.78 is 5.23. The van der Waals surface area contributed by atoms with Crippen LogP contribution in [0.15, 0.2) is 0 Å². The molecule has 0 aliphatic heterocycles. The number of hydrogen-bond acceptors (Lipinski definition) is 5. The molecule has 1 rings (SSSR count). The SMILES string of the molecule is CCN(CC)C(=O)c1sc(NC(=O)C(Cl)Cl)c(C(=O)OC(C)C)c1C. The van der Waals surface area contributed by atoms with Crippen LogP contribution in [-0.2, 0) is 9.53 Å². The molecule has 1 aromatic rings. The molecule has 0 fully saturated rings. The predicted octanol–water partition coefficient (Wildman–Crippen LogP) is 3.85. The Labute approximate surface area is 161 Å². The first-order chi connectivity index (χ1) is 11.6. The van der Waals surface area contributed by atoms with E-state index in [1.165, 1.54) is 0 Å². The van der Waals surface area contributed by atoms with E-state index in [4.69, 9.17) is 27.9 Å². The number of nitrogens with zero attached hydrogens (tertiary/aromatic N) is 1. The van der Waals surface area contributed by atoms with Gasteiger partial charge in [0.15, 0.2) is 4.84 Å². The van der Waals surface area contributed by atoms with E-state index in [1.54, 1.807) is 25.7 Å². The molecule has 0 aromatic carbocycles. The first-order valence-corrected chi connectivity index (χ1v) is 9.55. The molecular formula is C16H22Cl2N2O4S. The van der Waals surface area contributed by atoms with Gasteiger partial charge in [-0.3, -0.25) is 9.59 Å². The van der Waals surface area contributed by atoms with E-state index in [-0.39, 0.29) is 22.6 Å². The van der Waals surface area contributed by atoms with Crippen molar-refractivity contribution in [3.8, 4) is 0 Å². The van der Waals surface area contributed by atoms with Crippen LogP contribution in [0, 0.1) is 6.92 Å². The summed E-state index contributed by atoms with van der Waals surface area (Å²) in [4.78, 5) is 37.7. The third-order valence-corrected chi connectivity index (χ3v) is 4.97. The molecule has 0 aliphatic carbocycles. The van der Waals surface area contributed by atoms with Crippen molar-refractivity contribution in [1.82, 2.24) is 4.90 Å². The number of amides is 2. The van der Waals surface area contributed by atoms with Crippen molar-refractivity contribution in [2.75, 3.05) is 18.4 Å². The number of rotatable bonds is 7. The molecule has 0 aliphatic rings. The van der Waals surface area contributed by atoms with Gasteiger partial charge in [-0.25, -0.2) is 4.79 Å². The van der Waals surface area contributed by atoms with Gasteiger partial charge in [-0.15, -0.1) is 11.3 Å². The Hall–Kier alpha value is -1.31. The van der Waals surface area contributed by atoms with Gasteiger partial charge >= 0.3 is 5.97 Å². The highest BCUT2D eigenvalue weighted by Gasteiger charge is 2.29. The smallest absolute Gasteiger partial charge is 0.341 e. The number of esters is 1. The minimum absolute atomic E-state index is 0.150. The van der Waals surface area contributed by atoms with Crippen LogP contribution in [0.25, 0.3) is 0 Å². The van der Waals surface area contributed by atoms with E-state index in [2.05, 4.69) is 5.32 Å². The van der Waals surface area contributed by atoms with Crippen molar-refractivity contribution in [3.63, 3.8) is 0 Å². The van der Waals surface area contributed by atoms with Crippen molar-refractivity contribution in [2.24, 2.45) is 0 Å². The number of hydrogen-bond donors (Lipinski definition) is 1. The fraction of sp³-hybridized carbons (Fsp3) is 0.562. The van der Waals surface area contributed by atoms with E-state index >= 15 is 0 Å². The third-order valence-electron chi connectivity index (χ3n) is 3.37. The van der Waals surface area contributed by atoms with Crippen molar-refractivity contribution in [2.45, 2.75) is 45.6 Å². The number of halogens is 2. The van der Waals surface area contributed by atoms with E-state index in [0.29, 0.717) is 23.5 Å². The van der Waals surface area contributed by atoms with Crippen LogP contribution >= 0.6 is 34.5 Å². The molecule has 1 heterocycles. The van der Waals surface area contributed by atoms with Crippen molar-refractivity contribution >= 4 is 57.3 Å². The molecule has 0 unspecified atom stereocenters. The van der Waals surface area contributed by atoms with Crippen LogP contribution in [0.5, 0.6) is 0 Å². The Kier molecular flexibility index (Phi) is 8.18. The molecule has 0 radical (unpaired) electrons. The van der Waals surface area contributed by atoms with Gasteiger partial charge in [0.25, 0.3) is 11.8 Å². The van der Waals surface area contributed by atoms with Crippen LogP contribution in [-0.4, -0.2) is 46.7 Å². The Morgan fingerprint density at radius 3 is 2.20 bits per heavy atom. The largest absolute Gasteiger partial charge is 0.459 e. The van der Waals surface area contributed by atoms with E-state index < -0.39 is 16.7 Å². The highest BCUT2D eigenvalue weighted by molar-refractivity contribution is 7.18. The van der Waals surface area contributed by atoms with E-state index in [1.807, 2.05) is 13.8 Å². The normalized spacial score (nSPS) is 10.9. The maximum absolute atomic E-state index is 12.7. The molecule has 0 saturated carbocycles. The second kappa shape index (κ2) is 9.40. The summed E-state index contributed by atoms with van der Waals surface area (Å²) >= 11 is 12.1. The van der Waals surface area contributed by atoms with Gasteiger partial charge < -0.3 is 15.0 Å². The monoisotopic (exact) mass is 408 g/mol. The van der Waals surface area contributed by atoms with E-state index in [0.717, 1.165) is 11.3 Å². The maximum Gasteiger partial charge on any atom is 0.341 e. The Morgan fingerprint density at radius 2 is 1.76 bits per heavy atom. The Balaban J connectivity index is 3.38. The van der Waals surface area contributed by atoms with Crippen LogP contribution in [0.1, 0.15) is 53.3 Å². The zero-order chi connectivity index (χ0) is 19.3. The van der Waals surface area contributed by atoms with Crippen molar-refractivity contribution in [3.05, 3.63) is 16.0 Å². The summed E-state index contributed by atoms with van der Waals surface area (Å²) in [5, 5.41) is 2.70. The number of alkyl halides is 2. The third kappa shape index (κ3) is 5.33. The molecule has 0 bridgehead atoms.